The van der Waals surface area contributed by atoms with E-state index in [0.717, 1.165) is 33.1 Å². The zero-order valence-electron chi connectivity index (χ0n) is 19.4. The molecule has 0 amide bonds. The van der Waals surface area contributed by atoms with Crippen LogP contribution in [0.4, 0.5) is 0 Å². The van der Waals surface area contributed by atoms with E-state index in [9.17, 15) is 4.79 Å². The number of hydrogen-bond acceptors (Lipinski definition) is 5. The molecule has 0 N–H and O–H groups in total. The summed E-state index contributed by atoms with van der Waals surface area (Å²) in [6.45, 7) is 8.11. The van der Waals surface area contributed by atoms with Crippen molar-refractivity contribution in [2.45, 2.75) is 44.1 Å². The lowest BCUT2D eigenvalue weighted by Gasteiger charge is -2.15. The van der Waals surface area contributed by atoms with Crippen LogP contribution in [0.5, 0.6) is 0 Å². The number of fused-ring (bicyclic) bond motifs is 2. The average molecular weight is 459 g/mol. The van der Waals surface area contributed by atoms with E-state index in [1.165, 1.54) is 11.8 Å². The lowest BCUT2D eigenvalue weighted by atomic mass is 10.1. The minimum atomic E-state index is -0.320. The summed E-state index contributed by atoms with van der Waals surface area (Å²) in [5.41, 5.74) is 3.63. The van der Waals surface area contributed by atoms with Gasteiger partial charge in [0.1, 0.15) is 5.58 Å². The fourth-order valence-corrected chi connectivity index (χ4v) is 5.37. The highest BCUT2D eigenvalue weighted by molar-refractivity contribution is 8.00. The monoisotopic (exact) mass is 458 g/mol. The summed E-state index contributed by atoms with van der Waals surface area (Å²) in [4.78, 5) is 13.6. The number of carbonyl (C=O) groups excluding carboxylic acids is 1. The molecule has 0 aliphatic rings. The Morgan fingerprint density at radius 1 is 1.03 bits per heavy atom. The quantitative estimate of drug-likeness (QED) is 0.216. The second kappa shape index (κ2) is 8.23. The third-order valence-electron chi connectivity index (χ3n) is 6.12. The highest BCUT2D eigenvalue weighted by atomic mass is 32.2. The molecule has 0 bridgehead atoms. The van der Waals surface area contributed by atoms with Gasteiger partial charge >= 0.3 is 0 Å². The topological polar surface area (TPSA) is 65.8 Å². The Bertz CT molecular complexity index is 1460. The van der Waals surface area contributed by atoms with E-state index in [0.29, 0.717) is 16.7 Å². The van der Waals surface area contributed by atoms with Crippen LogP contribution in [-0.4, -0.2) is 30.4 Å². The Morgan fingerprint density at radius 2 is 1.76 bits per heavy atom. The molecule has 2 aromatic carbocycles. The van der Waals surface area contributed by atoms with Crippen molar-refractivity contribution in [1.82, 2.24) is 19.3 Å². The SMILES string of the molecule is Cc1c(C(=O)C(C)Sc2nnc(-c3cc4ccccc4o3)n2C(C)C)c2ccccc2n1C. The number of Topliss-reactive ketones (excluding diaryl/α,β-unsaturated/α-hetero) is 1. The molecule has 3 aromatic heterocycles. The smallest absolute Gasteiger partial charge is 0.200 e. The van der Waals surface area contributed by atoms with Gasteiger partial charge in [0, 0.05) is 40.6 Å². The molecule has 0 radical (unpaired) electrons. The van der Waals surface area contributed by atoms with Gasteiger partial charge in [-0.25, -0.2) is 0 Å². The number of aryl methyl sites for hydroxylation is 1. The first-order valence-corrected chi connectivity index (χ1v) is 11.9. The van der Waals surface area contributed by atoms with Crippen molar-refractivity contribution in [3.8, 4) is 11.6 Å². The molecule has 1 atom stereocenters. The maximum Gasteiger partial charge on any atom is 0.200 e. The largest absolute Gasteiger partial charge is 0.453 e. The molecule has 0 fully saturated rings. The van der Waals surface area contributed by atoms with Gasteiger partial charge in [-0.1, -0.05) is 48.2 Å². The molecule has 0 aliphatic carbocycles. The lowest BCUT2D eigenvalue weighted by molar-refractivity contribution is 0.0994. The Morgan fingerprint density at radius 3 is 2.52 bits per heavy atom. The van der Waals surface area contributed by atoms with Crippen molar-refractivity contribution in [3.05, 3.63) is 65.9 Å². The fourth-order valence-electron chi connectivity index (χ4n) is 4.33. The third-order valence-corrected chi connectivity index (χ3v) is 7.18. The zero-order valence-corrected chi connectivity index (χ0v) is 20.2. The van der Waals surface area contributed by atoms with Crippen LogP contribution < -0.4 is 0 Å². The summed E-state index contributed by atoms with van der Waals surface area (Å²) in [7, 11) is 2.00. The fraction of sp³-hybridized carbons (Fsp3) is 0.269. The molecule has 1 unspecified atom stereocenters. The van der Waals surface area contributed by atoms with Crippen molar-refractivity contribution in [1.29, 1.82) is 0 Å². The van der Waals surface area contributed by atoms with Crippen LogP contribution in [0.25, 0.3) is 33.5 Å². The number of furan rings is 1. The zero-order chi connectivity index (χ0) is 23.3. The molecular formula is C26H26N4O2S. The van der Waals surface area contributed by atoms with Crippen LogP contribution in [0.2, 0.25) is 0 Å². The number of thioether (sulfide) groups is 1. The summed E-state index contributed by atoms with van der Waals surface area (Å²) < 4.78 is 10.2. The highest BCUT2D eigenvalue weighted by Crippen LogP contribution is 2.35. The second-order valence-electron chi connectivity index (χ2n) is 8.58. The van der Waals surface area contributed by atoms with E-state index in [4.69, 9.17) is 4.42 Å². The summed E-state index contributed by atoms with van der Waals surface area (Å²) in [5, 5.41) is 11.3. The summed E-state index contributed by atoms with van der Waals surface area (Å²) in [5.74, 6) is 1.44. The predicted molar refractivity (Wildman–Crippen MR) is 133 cm³/mol. The van der Waals surface area contributed by atoms with E-state index in [1.54, 1.807) is 0 Å². The van der Waals surface area contributed by atoms with Crippen LogP contribution >= 0.6 is 11.8 Å². The lowest BCUT2D eigenvalue weighted by Crippen LogP contribution is -2.16. The Labute approximate surface area is 196 Å². The first-order valence-electron chi connectivity index (χ1n) is 11.1. The van der Waals surface area contributed by atoms with Crippen molar-refractivity contribution < 1.29 is 9.21 Å². The molecule has 0 saturated carbocycles. The van der Waals surface area contributed by atoms with Gasteiger partial charge < -0.3 is 8.98 Å². The van der Waals surface area contributed by atoms with E-state index >= 15 is 0 Å². The number of rotatable bonds is 6. The molecule has 5 rings (SSSR count). The molecule has 33 heavy (non-hydrogen) atoms. The normalized spacial score (nSPS) is 12.8. The van der Waals surface area contributed by atoms with Gasteiger partial charge in [0.2, 0.25) is 5.82 Å². The molecule has 168 valence electrons. The molecule has 0 aliphatic heterocycles. The predicted octanol–water partition coefficient (Wildman–Crippen LogP) is 6.44. The molecule has 7 heteroatoms. The first kappa shape index (κ1) is 21.5. The molecule has 5 aromatic rings. The highest BCUT2D eigenvalue weighted by Gasteiger charge is 2.27. The van der Waals surface area contributed by atoms with Gasteiger partial charge in [0.05, 0.1) is 5.25 Å². The number of ketones is 1. The number of para-hydroxylation sites is 2. The van der Waals surface area contributed by atoms with Gasteiger partial charge in [-0.05, 0) is 45.9 Å². The second-order valence-corrected chi connectivity index (χ2v) is 9.89. The van der Waals surface area contributed by atoms with Gasteiger partial charge in [-0.3, -0.25) is 9.36 Å². The van der Waals surface area contributed by atoms with E-state index in [1.807, 2.05) is 80.1 Å². The minimum absolute atomic E-state index is 0.0953. The van der Waals surface area contributed by atoms with Crippen LogP contribution in [0.1, 0.15) is 42.9 Å². The first-order chi connectivity index (χ1) is 15.9. The maximum atomic E-state index is 13.6. The van der Waals surface area contributed by atoms with Crippen molar-refractivity contribution in [2.24, 2.45) is 7.05 Å². The maximum absolute atomic E-state index is 13.6. The third kappa shape index (κ3) is 3.56. The Hall–Kier alpha value is -3.32. The van der Waals surface area contributed by atoms with Crippen molar-refractivity contribution >= 4 is 39.4 Å². The van der Waals surface area contributed by atoms with Gasteiger partial charge in [0.25, 0.3) is 0 Å². The summed E-state index contributed by atoms with van der Waals surface area (Å²) >= 11 is 1.44. The van der Waals surface area contributed by atoms with Crippen molar-refractivity contribution in [2.75, 3.05) is 0 Å². The standard InChI is InChI=1S/C26H26N4O2S/c1-15(2)30-25(22-14-18-10-6-9-13-21(18)32-22)27-28-26(30)33-17(4)24(31)23-16(3)29(5)20-12-8-7-11-19(20)23/h6-15,17H,1-5H3. The summed E-state index contributed by atoms with van der Waals surface area (Å²) in [6, 6.07) is 18.0. The van der Waals surface area contributed by atoms with Crippen LogP contribution in [-0.2, 0) is 7.05 Å². The number of carbonyl (C=O) groups is 1. The Balaban J connectivity index is 1.50. The van der Waals surface area contributed by atoms with Crippen LogP contribution in [0.15, 0.2) is 64.2 Å². The number of nitrogens with zero attached hydrogens (tertiary/aromatic N) is 4. The molecule has 0 spiro atoms. The van der Waals surface area contributed by atoms with Crippen LogP contribution in [0, 0.1) is 6.92 Å². The molecule has 6 nitrogen and oxygen atoms in total. The van der Waals surface area contributed by atoms with Crippen molar-refractivity contribution in [3.63, 3.8) is 0 Å². The van der Waals surface area contributed by atoms with Gasteiger partial charge in [0.15, 0.2) is 16.7 Å². The summed E-state index contributed by atoms with van der Waals surface area (Å²) in [6.07, 6.45) is 0. The van der Waals surface area contributed by atoms with Gasteiger partial charge in [-0.15, -0.1) is 10.2 Å². The molecule has 3 heterocycles. The Kier molecular flexibility index (Phi) is 5.37. The van der Waals surface area contributed by atoms with Crippen LogP contribution in [0.3, 0.4) is 0 Å². The van der Waals surface area contributed by atoms with E-state index in [-0.39, 0.29) is 17.1 Å². The number of benzene rings is 2. The number of aromatic nitrogens is 4. The van der Waals surface area contributed by atoms with E-state index < -0.39 is 0 Å². The molecule has 0 saturated heterocycles. The van der Waals surface area contributed by atoms with E-state index in [2.05, 4.69) is 28.6 Å². The molecular weight excluding hydrogens is 432 g/mol. The number of hydrogen-bond donors (Lipinski definition) is 0. The van der Waals surface area contributed by atoms with Gasteiger partial charge in [-0.2, -0.15) is 0 Å². The minimum Gasteiger partial charge on any atom is -0.453 e. The average Bonchev–Trinajstić information content (AvgIpc) is 3.48.